The van der Waals surface area contributed by atoms with Gasteiger partial charge in [-0.15, -0.1) is 0 Å². The normalized spacial score (nSPS) is 18.4. The summed E-state index contributed by atoms with van der Waals surface area (Å²) in [6.45, 7) is 15.4. The molecule has 1 aliphatic rings. The Hall–Kier alpha value is -0.356. The smallest absolute Gasteiger partial charge is 0.353 e. The van der Waals surface area contributed by atoms with Gasteiger partial charge in [0.15, 0.2) is 6.20 Å². The molecular formula is C10H23N2Si2+. The standard InChI is InChI=1S/C10H23N2Si2/c1-13(2,3)11-7-9-12(10-8-11)14(4,5)6/h7-9H,10H2,1-6H3/q+1. The molecule has 0 fully saturated rings. The number of hydrogen-bond acceptors (Lipinski definition) is 1. The fraction of sp³-hybridized carbons (Fsp3) is 0.700. The number of rotatable bonds is 2. The molecule has 0 radical (unpaired) electrons. The van der Waals surface area contributed by atoms with Gasteiger partial charge in [-0.1, -0.05) is 19.6 Å². The highest BCUT2D eigenvalue weighted by molar-refractivity contribution is 6.73. The minimum absolute atomic E-state index is 1.09. The van der Waals surface area contributed by atoms with E-state index in [1.807, 2.05) is 0 Å². The van der Waals surface area contributed by atoms with E-state index < -0.39 is 16.5 Å². The van der Waals surface area contributed by atoms with Gasteiger partial charge in [-0.25, -0.2) is 0 Å². The highest BCUT2D eigenvalue weighted by Crippen LogP contribution is 2.13. The quantitative estimate of drug-likeness (QED) is 0.657. The van der Waals surface area contributed by atoms with E-state index in [9.17, 15) is 0 Å². The van der Waals surface area contributed by atoms with Crippen molar-refractivity contribution in [3.63, 3.8) is 0 Å². The van der Waals surface area contributed by atoms with Crippen molar-refractivity contribution < 1.29 is 4.24 Å². The first-order valence-electron chi connectivity index (χ1n) is 5.28. The van der Waals surface area contributed by atoms with Crippen LogP contribution in [0.5, 0.6) is 0 Å². The summed E-state index contributed by atoms with van der Waals surface area (Å²) >= 11 is 0. The van der Waals surface area contributed by atoms with E-state index in [-0.39, 0.29) is 0 Å². The third-order valence-corrected chi connectivity index (χ3v) is 6.45. The summed E-state index contributed by atoms with van der Waals surface area (Å²) in [5.41, 5.74) is 0. The molecule has 0 saturated carbocycles. The molecule has 0 saturated heterocycles. The van der Waals surface area contributed by atoms with Crippen LogP contribution in [0.2, 0.25) is 39.3 Å². The fourth-order valence-electron chi connectivity index (χ4n) is 1.44. The van der Waals surface area contributed by atoms with Crippen LogP contribution in [0.15, 0.2) is 12.4 Å². The van der Waals surface area contributed by atoms with E-state index in [0.29, 0.717) is 0 Å². The predicted molar refractivity (Wildman–Crippen MR) is 68.9 cm³/mol. The van der Waals surface area contributed by atoms with Crippen LogP contribution in [-0.4, -0.2) is 38.0 Å². The second-order valence-corrected chi connectivity index (χ2v) is 15.7. The van der Waals surface area contributed by atoms with Crippen molar-refractivity contribution >= 4 is 22.7 Å². The van der Waals surface area contributed by atoms with Crippen LogP contribution in [-0.2, 0) is 0 Å². The van der Waals surface area contributed by atoms with Gasteiger partial charge in [-0.05, 0) is 19.6 Å². The lowest BCUT2D eigenvalue weighted by Crippen LogP contribution is -2.48. The lowest BCUT2D eigenvalue weighted by Gasteiger charge is -2.33. The second-order valence-electron chi connectivity index (χ2n) is 5.88. The third-order valence-electron chi connectivity index (χ3n) is 2.52. The molecule has 0 bridgehead atoms. The lowest BCUT2D eigenvalue weighted by atomic mass is 10.6. The number of nitrogens with zero attached hydrogens (tertiary/aromatic N) is 2. The van der Waals surface area contributed by atoms with Crippen LogP contribution in [0.4, 0.5) is 0 Å². The molecule has 0 aromatic rings. The Balaban J connectivity index is 2.72. The molecule has 4 heteroatoms. The van der Waals surface area contributed by atoms with Crippen LogP contribution in [0.3, 0.4) is 0 Å². The average Bonchev–Trinajstić information content (AvgIpc) is 2.01. The van der Waals surface area contributed by atoms with Gasteiger partial charge in [0.2, 0.25) is 0 Å². The van der Waals surface area contributed by atoms with Crippen molar-refractivity contribution in [3.8, 4) is 0 Å². The average molecular weight is 227 g/mol. The van der Waals surface area contributed by atoms with Crippen molar-refractivity contribution in [2.75, 3.05) is 6.54 Å². The van der Waals surface area contributed by atoms with Crippen molar-refractivity contribution in [2.24, 2.45) is 0 Å². The Morgan fingerprint density at radius 2 is 1.64 bits per heavy atom. The summed E-state index contributed by atoms with van der Waals surface area (Å²) in [6, 6.07) is 0. The van der Waals surface area contributed by atoms with Gasteiger partial charge in [0.25, 0.3) is 0 Å². The summed E-state index contributed by atoms with van der Waals surface area (Å²) in [5.74, 6) is 0. The molecule has 0 amide bonds. The van der Waals surface area contributed by atoms with E-state index in [0.717, 1.165) is 6.54 Å². The highest BCUT2D eigenvalue weighted by atomic mass is 28.3. The Labute approximate surface area is 90.1 Å². The molecule has 14 heavy (non-hydrogen) atoms. The predicted octanol–water partition coefficient (Wildman–Crippen LogP) is 2.53. The van der Waals surface area contributed by atoms with E-state index >= 15 is 0 Å². The first kappa shape index (κ1) is 11.7. The van der Waals surface area contributed by atoms with Crippen LogP contribution in [0.1, 0.15) is 0 Å². The van der Waals surface area contributed by atoms with Crippen molar-refractivity contribution in [1.82, 2.24) is 4.57 Å². The first-order valence-corrected chi connectivity index (χ1v) is 12.2. The zero-order chi connectivity index (χ0) is 11.0. The van der Waals surface area contributed by atoms with Gasteiger partial charge in [0.1, 0.15) is 14.5 Å². The summed E-state index contributed by atoms with van der Waals surface area (Å²) in [6.07, 6.45) is 6.89. The Morgan fingerprint density at radius 1 is 1.07 bits per heavy atom. The molecule has 0 N–H and O–H groups in total. The molecule has 1 aliphatic heterocycles. The van der Waals surface area contributed by atoms with E-state index in [1.54, 1.807) is 0 Å². The third kappa shape index (κ3) is 2.82. The Kier molecular flexibility index (Phi) is 3.06. The fourth-order valence-corrected chi connectivity index (χ4v) is 3.73. The maximum atomic E-state index is 2.50. The topological polar surface area (TPSA) is 6.25 Å². The van der Waals surface area contributed by atoms with Crippen LogP contribution >= 0.6 is 0 Å². The Bertz CT molecular complexity index is 269. The first-order chi connectivity index (χ1) is 6.21. The lowest BCUT2D eigenvalue weighted by molar-refractivity contribution is -0.314. The molecule has 0 aromatic carbocycles. The SMILES string of the molecule is C[Si](C)(C)N1C=C[N+]([Si](C)(C)C)=CC1. The summed E-state index contributed by atoms with van der Waals surface area (Å²) in [5, 5.41) is 0. The maximum Gasteiger partial charge on any atom is 0.353 e. The van der Waals surface area contributed by atoms with Gasteiger partial charge in [0, 0.05) is 0 Å². The van der Waals surface area contributed by atoms with Gasteiger partial charge in [0.05, 0.1) is 12.7 Å². The summed E-state index contributed by atoms with van der Waals surface area (Å²) in [7, 11) is -2.31. The molecule has 80 valence electrons. The molecule has 0 atom stereocenters. The van der Waals surface area contributed by atoms with E-state index in [1.165, 1.54) is 0 Å². The summed E-state index contributed by atoms with van der Waals surface area (Å²) < 4.78 is 4.94. The van der Waals surface area contributed by atoms with Gasteiger partial charge < -0.3 is 4.57 Å². The molecule has 2 nitrogen and oxygen atoms in total. The van der Waals surface area contributed by atoms with E-state index in [4.69, 9.17) is 0 Å². The van der Waals surface area contributed by atoms with Gasteiger partial charge >= 0.3 is 8.24 Å². The highest BCUT2D eigenvalue weighted by Gasteiger charge is 2.31. The van der Waals surface area contributed by atoms with Crippen LogP contribution in [0, 0.1) is 0 Å². The summed E-state index contributed by atoms with van der Waals surface area (Å²) in [4.78, 5) is 0. The molecule has 0 aliphatic carbocycles. The molecule has 0 spiro atoms. The molecule has 1 heterocycles. The molecule has 0 aromatic heterocycles. The molecule has 0 unspecified atom stereocenters. The van der Waals surface area contributed by atoms with Gasteiger partial charge in [-0.3, -0.25) is 4.24 Å². The minimum Gasteiger partial charge on any atom is -0.390 e. The van der Waals surface area contributed by atoms with Crippen molar-refractivity contribution in [1.29, 1.82) is 0 Å². The van der Waals surface area contributed by atoms with Crippen LogP contribution in [0.25, 0.3) is 0 Å². The van der Waals surface area contributed by atoms with E-state index in [2.05, 4.69) is 66.7 Å². The van der Waals surface area contributed by atoms with Gasteiger partial charge in [-0.2, -0.15) is 0 Å². The zero-order valence-electron chi connectivity index (χ0n) is 10.3. The monoisotopic (exact) mass is 227 g/mol. The zero-order valence-corrected chi connectivity index (χ0v) is 12.3. The number of hydrogen-bond donors (Lipinski definition) is 0. The molecular weight excluding hydrogens is 204 g/mol. The largest absolute Gasteiger partial charge is 0.390 e. The van der Waals surface area contributed by atoms with Crippen molar-refractivity contribution in [2.45, 2.75) is 39.3 Å². The van der Waals surface area contributed by atoms with Crippen LogP contribution < -0.4 is 0 Å². The maximum absolute atomic E-state index is 2.50. The Morgan fingerprint density at radius 3 is 1.93 bits per heavy atom. The minimum atomic E-state index is -1.17. The second kappa shape index (κ2) is 3.66. The molecule has 1 rings (SSSR count). The van der Waals surface area contributed by atoms with Crippen molar-refractivity contribution in [3.05, 3.63) is 12.4 Å².